The second kappa shape index (κ2) is 49.9. The van der Waals surface area contributed by atoms with Crippen molar-refractivity contribution in [2.75, 3.05) is 13.3 Å². The van der Waals surface area contributed by atoms with Crippen LogP contribution in [0.25, 0.3) is 0 Å². The zero-order chi connectivity index (χ0) is 38.3. The molecule has 0 heterocycles. The van der Waals surface area contributed by atoms with Gasteiger partial charge in [-0.25, -0.2) is 0 Å². The largest absolute Gasteiger partial charge is 0.428 e. The van der Waals surface area contributed by atoms with Gasteiger partial charge in [-0.1, -0.05) is 245 Å². The van der Waals surface area contributed by atoms with Crippen LogP contribution in [0.3, 0.4) is 0 Å². The summed E-state index contributed by atoms with van der Waals surface area (Å²) in [6.45, 7) is 7.45. The van der Waals surface area contributed by atoms with E-state index in [-0.39, 0.29) is 18.7 Å². The van der Waals surface area contributed by atoms with E-state index in [1.807, 2.05) is 0 Å². The predicted molar refractivity (Wildman–Crippen MR) is 228 cm³/mol. The number of nitrogens with two attached hydrogens (primary N) is 1. The van der Waals surface area contributed by atoms with E-state index in [0.717, 1.165) is 32.2 Å². The van der Waals surface area contributed by atoms with Gasteiger partial charge in [0.2, 0.25) is 6.79 Å². The minimum Gasteiger partial charge on any atom is -0.428 e. The van der Waals surface area contributed by atoms with E-state index in [0.29, 0.717) is 12.8 Å². The minimum absolute atomic E-state index is 0.227. The van der Waals surface area contributed by atoms with E-state index >= 15 is 0 Å². The van der Waals surface area contributed by atoms with Gasteiger partial charge in [0.25, 0.3) is 0 Å². The maximum atomic E-state index is 11.9. The highest BCUT2D eigenvalue weighted by molar-refractivity contribution is 5.70. The number of carbonyl (C=O) groups excluding carboxylic acids is 2. The van der Waals surface area contributed by atoms with Gasteiger partial charge in [0, 0.05) is 12.8 Å². The SMILES string of the molecule is CCCCCCCCCCCCCCCCCC(=O)OCOC(=O)CCCCCCCCCCCCCCCCC.CCCCCCCCCCN. The Morgan fingerprint density at radius 2 is 0.500 bits per heavy atom. The lowest BCUT2D eigenvalue weighted by atomic mass is 10.0. The summed E-state index contributed by atoms with van der Waals surface area (Å²) in [7, 11) is 0. The fourth-order valence-corrected chi connectivity index (χ4v) is 6.86. The molecule has 0 radical (unpaired) electrons. The number of esters is 2. The maximum absolute atomic E-state index is 11.9. The van der Waals surface area contributed by atoms with Crippen LogP contribution in [0, 0.1) is 0 Å². The van der Waals surface area contributed by atoms with E-state index in [2.05, 4.69) is 20.8 Å². The van der Waals surface area contributed by atoms with Crippen LogP contribution in [0.15, 0.2) is 0 Å². The fraction of sp³-hybridized carbons (Fsp3) is 0.957. The number of carbonyl (C=O) groups is 2. The van der Waals surface area contributed by atoms with Crippen molar-refractivity contribution in [2.24, 2.45) is 5.73 Å². The summed E-state index contributed by atoms with van der Waals surface area (Å²) in [6, 6.07) is 0. The molecule has 0 spiro atoms. The topological polar surface area (TPSA) is 78.6 Å². The molecule has 52 heavy (non-hydrogen) atoms. The van der Waals surface area contributed by atoms with Gasteiger partial charge in [-0.15, -0.1) is 0 Å². The van der Waals surface area contributed by atoms with Crippen molar-refractivity contribution >= 4 is 11.9 Å². The Hall–Kier alpha value is -1.10. The number of ether oxygens (including phenoxy) is 2. The summed E-state index contributed by atoms with van der Waals surface area (Å²) in [6.07, 6.45) is 51.1. The monoisotopic (exact) mass is 738 g/mol. The molecule has 312 valence electrons. The van der Waals surface area contributed by atoms with Gasteiger partial charge in [-0.05, 0) is 25.8 Å². The van der Waals surface area contributed by atoms with Crippen molar-refractivity contribution in [2.45, 2.75) is 278 Å². The van der Waals surface area contributed by atoms with Crippen LogP contribution >= 0.6 is 0 Å². The molecule has 0 fully saturated rings. The van der Waals surface area contributed by atoms with Crippen molar-refractivity contribution < 1.29 is 19.1 Å². The van der Waals surface area contributed by atoms with Gasteiger partial charge >= 0.3 is 11.9 Å². The third-order valence-corrected chi connectivity index (χ3v) is 10.5. The Bertz CT molecular complexity index is 616. The predicted octanol–water partition coefficient (Wildman–Crippen LogP) is 15.6. The molecule has 0 atom stereocenters. The standard InChI is InChI=1S/C37H72O4.C10H23N/c1-3-5-7-9-11-13-15-17-19-21-23-25-27-29-31-33-36(38)40-35-41-37(39)34-32-30-28-26-24-22-20-18-16-14-12-10-8-6-4-2;1-2-3-4-5-6-7-8-9-10-11/h3-35H2,1-2H3;2-11H2,1H3. The second-order valence-corrected chi connectivity index (χ2v) is 15.8. The van der Waals surface area contributed by atoms with Crippen LogP contribution in [0.4, 0.5) is 0 Å². The summed E-state index contributed by atoms with van der Waals surface area (Å²) < 4.78 is 10.2. The zero-order valence-electron chi connectivity index (χ0n) is 35.9. The summed E-state index contributed by atoms with van der Waals surface area (Å²) >= 11 is 0. The molecule has 0 aliphatic heterocycles. The molecule has 5 heteroatoms. The minimum atomic E-state index is -0.250. The van der Waals surface area contributed by atoms with Crippen molar-refractivity contribution in [3.63, 3.8) is 0 Å². The van der Waals surface area contributed by atoms with Crippen molar-refractivity contribution in [3.8, 4) is 0 Å². The molecular weight excluding hydrogens is 643 g/mol. The van der Waals surface area contributed by atoms with Crippen LogP contribution in [0.2, 0.25) is 0 Å². The summed E-state index contributed by atoms with van der Waals surface area (Å²) in [5.74, 6) is -0.501. The van der Waals surface area contributed by atoms with Crippen molar-refractivity contribution in [1.82, 2.24) is 0 Å². The Kier molecular flexibility index (Phi) is 50.9. The van der Waals surface area contributed by atoms with Gasteiger partial charge in [0.1, 0.15) is 0 Å². The first-order chi connectivity index (χ1) is 25.6. The smallest absolute Gasteiger partial charge is 0.308 e. The first-order valence-corrected chi connectivity index (χ1v) is 23.6. The average molecular weight is 738 g/mol. The van der Waals surface area contributed by atoms with E-state index < -0.39 is 0 Å². The molecule has 0 aromatic rings. The zero-order valence-corrected chi connectivity index (χ0v) is 35.9. The molecule has 0 saturated carbocycles. The molecule has 0 saturated heterocycles. The number of hydrogen-bond acceptors (Lipinski definition) is 5. The van der Waals surface area contributed by atoms with Crippen LogP contribution in [0.1, 0.15) is 278 Å². The lowest BCUT2D eigenvalue weighted by molar-refractivity contribution is -0.167. The molecule has 0 bridgehead atoms. The molecule has 0 aromatic carbocycles. The lowest BCUT2D eigenvalue weighted by Gasteiger charge is -2.07. The highest BCUT2D eigenvalue weighted by Crippen LogP contribution is 2.16. The van der Waals surface area contributed by atoms with Gasteiger partial charge in [-0.2, -0.15) is 0 Å². The van der Waals surface area contributed by atoms with Crippen LogP contribution in [-0.2, 0) is 19.1 Å². The van der Waals surface area contributed by atoms with Crippen LogP contribution in [0.5, 0.6) is 0 Å². The van der Waals surface area contributed by atoms with Crippen LogP contribution < -0.4 is 5.73 Å². The molecule has 0 aliphatic rings. The third-order valence-electron chi connectivity index (χ3n) is 10.5. The van der Waals surface area contributed by atoms with Gasteiger partial charge < -0.3 is 15.2 Å². The highest BCUT2D eigenvalue weighted by Gasteiger charge is 2.06. The molecule has 2 N–H and O–H groups in total. The molecule has 0 amide bonds. The van der Waals surface area contributed by atoms with E-state index in [4.69, 9.17) is 15.2 Å². The van der Waals surface area contributed by atoms with Crippen LogP contribution in [-0.4, -0.2) is 25.3 Å². The number of rotatable bonds is 42. The Balaban J connectivity index is 0. The first kappa shape index (κ1) is 53.0. The highest BCUT2D eigenvalue weighted by atomic mass is 16.7. The first-order valence-electron chi connectivity index (χ1n) is 23.6. The fourth-order valence-electron chi connectivity index (χ4n) is 6.86. The molecular formula is C47H95NO4. The summed E-state index contributed by atoms with van der Waals surface area (Å²) in [5, 5.41) is 0. The van der Waals surface area contributed by atoms with Gasteiger partial charge in [0.05, 0.1) is 0 Å². The quantitative estimate of drug-likeness (QED) is 0.0383. The molecule has 0 aromatic heterocycles. The van der Waals surface area contributed by atoms with Crippen molar-refractivity contribution in [1.29, 1.82) is 0 Å². The van der Waals surface area contributed by atoms with Gasteiger partial charge in [-0.3, -0.25) is 9.59 Å². The van der Waals surface area contributed by atoms with E-state index in [1.165, 1.54) is 218 Å². The lowest BCUT2D eigenvalue weighted by Crippen LogP contribution is -2.12. The van der Waals surface area contributed by atoms with Crippen molar-refractivity contribution in [3.05, 3.63) is 0 Å². The average Bonchev–Trinajstić information content (AvgIpc) is 3.14. The molecule has 0 unspecified atom stereocenters. The second-order valence-electron chi connectivity index (χ2n) is 15.8. The normalized spacial score (nSPS) is 11.0. The Morgan fingerprint density at radius 1 is 0.308 bits per heavy atom. The third kappa shape index (κ3) is 51.0. The Morgan fingerprint density at radius 3 is 0.712 bits per heavy atom. The number of hydrogen-bond donors (Lipinski definition) is 1. The molecule has 0 aliphatic carbocycles. The van der Waals surface area contributed by atoms with E-state index in [9.17, 15) is 9.59 Å². The Labute approximate surface area is 326 Å². The van der Waals surface area contributed by atoms with Gasteiger partial charge in [0.15, 0.2) is 0 Å². The molecule has 0 rings (SSSR count). The molecule has 5 nitrogen and oxygen atoms in total. The maximum Gasteiger partial charge on any atom is 0.308 e. The number of unbranched alkanes of at least 4 members (excludes halogenated alkanes) is 35. The van der Waals surface area contributed by atoms with E-state index in [1.54, 1.807) is 0 Å². The summed E-state index contributed by atoms with van der Waals surface area (Å²) in [4.78, 5) is 23.7. The summed E-state index contributed by atoms with van der Waals surface area (Å²) in [5.41, 5.74) is 5.39.